The number of aliphatic hydroxyl groups excluding tert-OH is 1. The smallest absolute Gasteiger partial charge is 0.106 e. The van der Waals surface area contributed by atoms with E-state index in [1.165, 1.54) is 20.2 Å². The van der Waals surface area contributed by atoms with Crippen molar-refractivity contribution < 1.29 is 5.11 Å². The molecule has 6 aromatic rings. The molecule has 0 spiro atoms. The van der Waals surface area contributed by atoms with Crippen LogP contribution in [0.1, 0.15) is 35.6 Å². The van der Waals surface area contributed by atoms with E-state index in [0.717, 1.165) is 50.1 Å². The van der Waals surface area contributed by atoms with Gasteiger partial charge in [0.25, 0.3) is 0 Å². The van der Waals surface area contributed by atoms with Crippen LogP contribution in [0.15, 0.2) is 126 Å². The number of hydrogen-bond acceptors (Lipinski definition) is 4. The van der Waals surface area contributed by atoms with E-state index < -0.39 is 6.10 Å². The Balaban J connectivity index is 1.41. The van der Waals surface area contributed by atoms with E-state index in [1.54, 1.807) is 17.4 Å². The van der Waals surface area contributed by atoms with E-state index in [2.05, 4.69) is 104 Å². The number of rotatable bonds is 3. The molecule has 0 fully saturated rings. The molecule has 3 atom stereocenters. The second-order valence-electron chi connectivity index (χ2n) is 11.6. The first kappa shape index (κ1) is 26.4. The Morgan fingerprint density at radius 1 is 0.705 bits per heavy atom. The van der Waals surface area contributed by atoms with Gasteiger partial charge in [-0.2, -0.15) is 10.5 Å². The number of nitrogens with zero attached hydrogens (tertiary/aromatic N) is 2. The van der Waals surface area contributed by atoms with Crippen LogP contribution in [-0.2, 0) is 0 Å². The van der Waals surface area contributed by atoms with Crippen LogP contribution in [0.4, 0.5) is 0 Å². The summed E-state index contributed by atoms with van der Waals surface area (Å²) in [6.45, 7) is 2.10. The average Bonchev–Trinajstić information content (AvgIpc) is 3.59. The van der Waals surface area contributed by atoms with Gasteiger partial charge in [0.05, 0.1) is 17.2 Å². The molecule has 44 heavy (non-hydrogen) atoms. The fourth-order valence-corrected chi connectivity index (χ4v) is 8.41. The zero-order valence-corrected chi connectivity index (χ0v) is 24.8. The van der Waals surface area contributed by atoms with Crippen LogP contribution in [-0.4, -0.2) is 5.11 Å². The van der Waals surface area contributed by atoms with Crippen molar-refractivity contribution in [3.05, 3.63) is 143 Å². The molecule has 5 aromatic carbocycles. The molecule has 0 radical (unpaired) electrons. The van der Waals surface area contributed by atoms with Crippen molar-refractivity contribution in [1.82, 2.24) is 0 Å². The first-order valence-electron chi connectivity index (χ1n) is 14.8. The van der Waals surface area contributed by atoms with Crippen LogP contribution in [0.5, 0.6) is 0 Å². The van der Waals surface area contributed by atoms with Crippen LogP contribution in [0.3, 0.4) is 0 Å². The highest BCUT2D eigenvalue weighted by atomic mass is 32.1. The molecule has 1 aromatic heterocycles. The zero-order valence-electron chi connectivity index (χ0n) is 24.0. The molecule has 0 saturated heterocycles. The van der Waals surface area contributed by atoms with Gasteiger partial charge in [0, 0.05) is 31.7 Å². The summed E-state index contributed by atoms with van der Waals surface area (Å²) >= 11 is 1.79. The Labute approximate surface area is 259 Å². The number of fused-ring (bicyclic) bond motifs is 6. The summed E-state index contributed by atoms with van der Waals surface area (Å²) in [7, 11) is 0. The molecule has 8 rings (SSSR count). The van der Waals surface area contributed by atoms with Gasteiger partial charge in [0.2, 0.25) is 0 Å². The second kappa shape index (κ2) is 10.2. The molecule has 3 nitrogen and oxygen atoms in total. The molecule has 2 aliphatic rings. The number of aliphatic hydroxyl groups is 1. The van der Waals surface area contributed by atoms with E-state index >= 15 is 0 Å². The molecule has 1 N–H and O–H groups in total. The van der Waals surface area contributed by atoms with Crippen molar-refractivity contribution >= 4 is 31.5 Å². The summed E-state index contributed by atoms with van der Waals surface area (Å²) in [5.74, 6) is -0.236. The summed E-state index contributed by atoms with van der Waals surface area (Å²) in [4.78, 5) is 0. The number of hydrogen-bond donors (Lipinski definition) is 1. The first-order chi connectivity index (χ1) is 21.6. The molecule has 1 heterocycles. The third-order valence-corrected chi connectivity index (χ3v) is 10.4. The van der Waals surface area contributed by atoms with Gasteiger partial charge in [-0.05, 0) is 68.6 Å². The summed E-state index contributed by atoms with van der Waals surface area (Å²) < 4.78 is 2.46. The van der Waals surface area contributed by atoms with Gasteiger partial charge >= 0.3 is 0 Å². The Morgan fingerprint density at radius 2 is 1.39 bits per heavy atom. The van der Waals surface area contributed by atoms with Crippen molar-refractivity contribution in [2.45, 2.75) is 18.9 Å². The SMILES string of the molecule is CC1C=CC(C#N)=C(C#N)C1c1cc(-c2cccc3c2C(O)c2ccccc2-3)cc(-c2cccc3c2sc2ccccc23)c1. The second-order valence-corrected chi connectivity index (χ2v) is 12.7. The van der Waals surface area contributed by atoms with E-state index in [9.17, 15) is 15.6 Å². The lowest BCUT2D eigenvalue weighted by atomic mass is 9.75. The molecule has 0 aliphatic heterocycles. The van der Waals surface area contributed by atoms with Crippen LogP contribution in [0.25, 0.3) is 53.6 Å². The Hall–Kier alpha value is -5.26. The summed E-state index contributed by atoms with van der Waals surface area (Å²) in [5.41, 5.74) is 9.96. The highest BCUT2D eigenvalue weighted by molar-refractivity contribution is 7.26. The minimum atomic E-state index is -0.730. The minimum absolute atomic E-state index is 0.0290. The van der Waals surface area contributed by atoms with Gasteiger partial charge in [0.1, 0.15) is 12.2 Å². The molecule has 0 saturated carbocycles. The quantitative estimate of drug-likeness (QED) is 0.226. The van der Waals surface area contributed by atoms with Crippen LogP contribution in [0, 0.1) is 28.6 Å². The topological polar surface area (TPSA) is 67.8 Å². The minimum Gasteiger partial charge on any atom is -0.384 e. The third-order valence-electron chi connectivity index (χ3n) is 9.20. The lowest BCUT2D eigenvalue weighted by Gasteiger charge is -2.27. The van der Waals surface area contributed by atoms with Gasteiger partial charge < -0.3 is 5.11 Å². The van der Waals surface area contributed by atoms with Crippen LogP contribution < -0.4 is 0 Å². The van der Waals surface area contributed by atoms with Gasteiger partial charge in [-0.1, -0.05) is 104 Å². The highest BCUT2D eigenvalue weighted by Crippen LogP contribution is 2.49. The van der Waals surface area contributed by atoms with Crippen LogP contribution in [0.2, 0.25) is 0 Å². The fourth-order valence-electron chi connectivity index (χ4n) is 7.18. The third kappa shape index (κ3) is 3.90. The Kier molecular flexibility index (Phi) is 6.10. The maximum atomic E-state index is 11.6. The molecular formula is C40H26N2OS. The number of allylic oxidation sites excluding steroid dienone is 4. The summed E-state index contributed by atoms with van der Waals surface area (Å²) in [6, 6.07) is 40.5. The molecule has 2 aliphatic carbocycles. The van der Waals surface area contributed by atoms with Crippen molar-refractivity contribution in [3.8, 4) is 45.5 Å². The van der Waals surface area contributed by atoms with Gasteiger partial charge in [-0.25, -0.2) is 0 Å². The summed E-state index contributed by atoms with van der Waals surface area (Å²) in [6.07, 6.45) is 3.08. The lowest BCUT2D eigenvalue weighted by Crippen LogP contribution is -2.15. The monoisotopic (exact) mass is 582 g/mol. The zero-order chi connectivity index (χ0) is 29.9. The van der Waals surface area contributed by atoms with Gasteiger partial charge in [0.15, 0.2) is 0 Å². The number of nitriles is 2. The fraction of sp³-hybridized carbons (Fsp3) is 0.100. The Bertz CT molecular complexity index is 2310. The Morgan fingerprint density at radius 3 is 2.23 bits per heavy atom. The normalized spacial score (nSPS) is 18.7. The van der Waals surface area contributed by atoms with Crippen LogP contribution >= 0.6 is 11.3 Å². The molecule has 0 amide bonds. The van der Waals surface area contributed by atoms with Crippen molar-refractivity contribution in [2.75, 3.05) is 0 Å². The molecule has 0 bridgehead atoms. The number of benzene rings is 5. The largest absolute Gasteiger partial charge is 0.384 e. The van der Waals surface area contributed by atoms with E-state index in [1.807, 2.05) is 24.3 Å². The van der Waals surface area contributed by atoms with Gasteiger partial charge in [-0.15, -0.1) is 11.3 Å². The highest BCUT2D eigenvalue weighted by Gasteiger charge is 2.32. The summed E-state index contributed by atoms with van der Waals surface area (Å²) in [5, 5.41) is 34.2. The predicted molar refractivity (Wildman–Crippen MR) is 179 cm³/mol. The first-order valence-corrected chi connectivity index (χ1v) is 15.6. The maximum absolute atomic E-state index is 11.6. The molecular weight excluding hydrogens is 557 g/mol. The molecule has 4 heteroatoms. The maximum Gasteiger partial charge on any atom is 0.106 e. The van der Waals surface area contributed by atoms with E-state index in [0.29, 0.717) is 11.1 Å². The predicted octanol–water partition coefficient (Wildman–Crippen LogP) is 10.1. The number of thiophene rings is 1. The molecule has 208 valence electrons. The average molecular weight is 583 g/mol. The van der Waals surface area contributed by atoms with Crippen molar-refractivity contribution in [3.63, 3.8) is 0 Å². The molecule has 3 unspecified atom stereocenters. The van der Waals surface area contributed by atoms with E-state index in [-0.39, 0.29) is 11.8 Å². The van der Waals surface area contributed by atoms with Crippen molar-refractivity contribution in [2.24, 2.45) is 5.92 Å². The lowest BCUT2D eigenvalue weighted by molar-refractivity contribution is 0.226. The standard InChI is InChI=1S/C40H26N2OS/c1-23-16-17-24(21-41)35(22-42)37(23)27-19-25(28-11-6-13-32-30-8-2-3-10-33(30)39(43)38(28)32)18-26(20-27)29-12-7-14-34-31-9-4-5-15-36(31)44-40(29)34/h2-20,23,37,39,43H,1H3. The van der Waals surface area contributed by atoms with E-state index in [4.69, 9.17) is 0 Å². The van der Waals surface area contributed by atoms with Gasteiger partial charge in [-0.3, -0.25) is 0 Å². The van der Waals surface area contributed by atoms with Crippen molar-refractivity contribution in [1.29, 1.82) is 10.5 Å².